The van der Waals surface area contributed by atoms with Crippen molar-refractivity contribution in [2.75, 3.05) is 13.2 Å². The highest BCUT2D eigenvalue weighted by atomic mass is 16.3. The molecule has 0 bridgehead atoms. The molecule has 35 heavy (non-hydrogen) atoms. The molecule has 0 radical (unpaired) electrons. The normalized spacial score (nSPS) is 20.1. The van der Waals surface area contributed by atoms with Gasteiger partial charge in [0.25, 0.3) is 0 Å². The summed E-state index contributed by atoms with van der Waals surface area (Å²) < 4.78 is 0. The number of hydrogen-bond donors (Lipinski definition) is 3. The molecule has 3 N–H and O–H groups in total. The van der Waals surface area contributed by atoms with Crippen LogP contribution in [0.4, 0.5) is 0 Å². The van der Waals surface area contributed by atoms with Crippen LogP contribution in [-0.4, -0.2) is 36.1 Å². The summed E-state index contributed by atoms with van der Waals surface area (Å²) in [5.41, 5.74) is 4.89. The molecule has 2 unspecified atom stereocenters. The van der Waals surface area contributed by atoms with Gasteiger partial charge in [-0.05, 0) is 38.2 Å². The van der Waals surface area contributed by atoms with Gasteiger partial charge in [-0.2, -0.15) is 0 Å². The van der Waals surface area contributed by atoms with Crippen LogP contribution in [0.25, 0.3) is 0 Å². The number of hydrogen-bond acceptors (Lipinski definition) is 4. The predicted molar refractivity (Wildman–Crippen MR) is 161 cm³/mol. The van der Waals surface area contributed by atoms with Crippen molar-refractivity contribution >= 4 is 5.71 Å². The zero-order valence-electron chi connectivity index (χ0n) is 26.2. The summed E-state index contributed by atoms with van der Waals surface area (Å²) >= 11 is 0. The molecule has 1 fully saturated rings. The minimum Gasteiger partial charge on any atom is -0.395 e. The minimum absolute atomic E-state index is 0.177. The molecule has 0 aliphatic carbocycles. The van der Waals surface area contributed by atoms with Gasteiger partial charge >= 0.3 is 0 Å². The molecule has 2 aliphatic rings. The molecule has 2 atom stereocenters. The third-order valence-corrected chi connectivity index (χ3v) is 6.06. The molecule has 4 nitrogen and oxygen atoms in total. The number of aliphatic hydroxyl groups excluding tert-OH is 1. The molecule has 2 aliphatic heterocycles. The van der Waals surface area contributed by atoms with E-state index in [1.165, 1.54) is 49.8 Å². The summed E-state index contributed by atoms with van der Waals surface area (Å²) in [6.07, 6.45) is 12.1. The highest BCUT2D eigenvalue weighted by molar-refractivity contribution is 5.93. The molecule has 2 heterocycles. The van der Waals surface area contributed by atoms with Crippen molar-refractivity contribution < 1.29 is 5.11 Å². The third kappa shape index (κ3) is 18.8. The van der Waals surface area contributed by atoms with Crippen LogP contribution in [0.2, 0.25) is 0 Å². The number of aliphatic imine (C=N–C) groups is 1. The first-order valence-corrected chi connectivity index (χ1v) is 14.7. The summed E-state index contributed by atoms with van der Waals surface area (Å²) in [5, 5.41) is 16.6. The predicted octanol–water partition coefficient (Wildman–Crippen LogP) is 8.81. The van der Waals surface area contributed by atoms with E-state index in [1.54, 1.807) is 0 Å². The SMILES string of the molecule is CC.CC.CC1=C(/C=C(\C)C(C)(C)C)NCC(C2CCCCC(CO)N2)=N1.CCCC.CCCC. The molecule has 210 valence electrons. The summed E-state index contributed by atoms with van der Waals surface area (Å²) in [5.74, 6) is 0. The molecule has 2 rings (SSSR count). The van der Waals surface area contributed by atoms with E-state index in [1.807, 2.05) is 27.7 Å². The van der Waals surface area contributed by atoms with E-state index in [4.69, 9.17) is 4.99 Å². The lowest BCUT2D eigenvalue weighted by Gasteiger charge is -2.27. The Morgan fingerprint density at radius 3 is 1.83 bits per heavy atom. The Bertz CT molecular complexity index is 562. The van der Waals surface area contributed by atoms with E-state index in [2.05, 4.69) is 79.0 Å². The third-order valence-electron chi connectivity index (χ3n) is 6.06. The van der Waals surface area contributed by atoms with Crippen molar-refractivity contribution in [3.05, 3.63) is 23.0 Å². The van der Waals surface area contributed by atoms with Gasteiger partial charge in [0.1, 0.15) is 0 Å². The van der Waals surface area contributed by atoms with Gasteiger partial charge < -0.3 is 15.7 Å². The fourth-order valence-electron chi connectivity index (χ4n) is 3.02. The summed E-state index contributed by atoms with van der Waals surface area (Å²) in [7, 11) is 0. The van der Waals surface area contributed by atoms with Crippen molar-refractivity contribution in [1.82, 2.24) is 10.6 Å². The van der Waals surface area contributed by atoms with Gasteiger partial charge in [-0.25, -0.2) is 0 Å². The Morgan fingerprint density at radius 1 is 0.943 bits per heavy atom. The smallest absolute Gasteiger partial charge is 0.0604 e. The molecular weight excluding hydrogens is 430 g/mol. The molecule has 0 aromatic rings. The topological polar surface area (TPSA) is 56.6 Å². The summed E-state index contributed by atoms with van der Waals surface area (Å²) in [6, 6.07) is 0.491. The minimum atomic E-state index is 0.177. The lowest BCUT2D eigenvalue weighted by atomic mass is 9.87. The van der Waals surface area contributed by atoms with Gasteiger partial charge in [0.15, 0.2) is 0 Å². The summed E-state index contributed by atoms with van der Waals surface area (Å²) in [6.45, 7) is 28.7. The molecule has 1 saturated heterocycles. The number of nitrogens with zero attached hydrogens (tertiary/aromatic N) is 1. The molecule has 0 amide bonds. The highest BCUT2D eigenvalue weighted by Crippen LogP contribution is 2.26. The Hall–Kier alpha value is -1.13. The van der Waals surface area contributed by atoms with Crippen molar-refractivity contribution in [2.24, 2.45) is 10.4 Å². The van der Waals surface area contributed by atoms with E-state index in [9.17, 15) is 5.11 Å². The maximum absolute atomic E-state index is 9.47. The van der Waals surface area contributed by atoms with Crippen LogP contribution >= 0.6 is 0 Å². The molecule has 0 saturated carbocycles. The molecule has 4 heteroatoms. The second-order valence-corrected chi connectivity index (χ2v) is 9.92. The first kappa shape index (κ1) is 38.4. The van der Waals surface area contributed by atoms with Crippen molar-refractivity contribution in [1.29, 1.82) is 0 Å². The van der Waals surface area contributed by atoms with E-state index in [-0.39, 0.29) is 24.1 Å². The maximum atomic E-state index is 9.47. The largest absolute Gasteiger partial charge is 0.395 e. The Morgan fingerprint density at radius 2 is 1.43 bits per heavy atom. The van der Waals surface area contributed by atoms with Crippen LogP contribution < -0.4 is 10.6 Å². The van der Waals surface area contributed by atoms with Gasteiger partial charge in [-0.1, -0.05) is 120 Å². The second-order valence-electron chi connectivity index (χ2n) is 9.92. The summed E-state index contributed by atoms with van der Waals surface area (Å²) in [4.78, 5) is 4.88. The van der Waals surface area contributed by atoms with E-state index in [0.717, 1.165) is 30.8 Å². The first-order chi connectivity index (χ1) is 16.6. The van der Waals surface area contributed by atoms with Gasteiger partial charge in [-0.3, -0.25) is 4.99 Å². The molecule has 0 aromatic heterocycles. The number of nitrogens with one attached hydrogen (secondary N) is 2. The molecular formula is C31H65N3O. The van der Waals surface area contributed by atoms with Gasteiger partial charge in [0, 0.05) is 12.1 Å². The lowest BCUT2D eigenvalue weighted by molar-refractivity contribution is 0.236. The van der Waals surface area contributed by atoms with Crippen molar-refractivity contribution in [3.63, 3.8) is 0 Å². The van der Waals surface area contributed by atoms with Crippen LogP contribution in [0.15, 0.2) is 28.0 Å². The molecule has 0 spiro atoms. The molecule has 0 aromatic carbocycles. The lowest BCUT2D eigenvalue weighted by Crippen LogP contribution is -2.47. The van der Waals surface area contributed by atoms with Crippen LogP contribution in [0.5, 0.6) is 0 Å². The zero-order valence-corrected chi connectivity index (χ0v) is 26.2. The van der Waals surface area contributed by atoms with E-state index < -0.39 is 0 Å². The van der Waals surface area contributed by atoms with Crippen LogP contribution in [0.1, 0.15) is 141 Å². The zero-order chi connectivity index (χ0) is 27.9. The monoisotopic (exact) mass is 496 g/mol. The van der Waals surface area contributed by atoms with E-state index in [0.29, 0.717) is 0 Å². The Balaban J connectivity index is -0.000000721. The number of unbranched alkanes of at least 4 members (excludes halogenated alkanes) is 2. The average Bonchev–Trinajstić information content (AvgIpc) is 3.13. The fraction of sp³-hybridized carbons (Fsp3) is 0.839. The van der Waals surface area contributed by atoms with Crippen molar-refractivity contribution in [3.8, 4) is 0 Å². The first-order valence-electron chi connectivity index (χ1n) is 14.7. The van der Waals surface area contributed by atoms with E-state index >= 15 is 0 Å². The number of aliphatic hydroxyl groups is 1. The van der Waals surface area contributed by atoms with Crippen molar-refractivity contribution in [2.45, 2.75) is 153 Å². The maximum Gasteiger partial charge on any atom is 0.0604 e. The number of rotatable bonds is 5. The average molecular weight is 496 g/mol. The Kier molecular flexibility index (Phi) is 26.9. The standard InChI is InChI=1S/C19H33N3O.2C4H10.2C2H6/c1-13(19(3,4)5)10-17-14(2)21-18(11-20-17)16-9-7-6-8-15(12-23)22-16;2*1-3-4-2;2*1-2/h10,15-16,20,22-23H,6-9,11-12H2,1-5H3;2*3-4H2,1-2H3;2*1-2H3/b13-10+;;;;. The van der Waals surface area contributed by atoms with Crippen LogP contribution in [0, 0.1) is 5.41 Å². The quantitative estimate of drug-likeness (QED) is 0.357. The van der Waals surface area contributed by atoms with Gasteiger partial charge in [-0.15, -0.1) is 0 Å². The fourth-order valence-corrected chi connectivity index (χ4v) is 3.02. The van der Waals surface area contributed by atoms with Crippen LogP contribution in [-0.2, 0) is 0 Å². The van der Waals surface area contributed by atoms with Gasteiger partial charge in [0.05, 0.1) is 30.3 Å². The van der Waals surface area contributed by atoms with Crippen LogP contribution in [0.3, 0.4) is 0 Å². The highest BCUT2D eigenvalue weighted by Gasteiger charge is 2.25. The Labute approximate surface area is 221 Å². The number of allylic oxidation sites excluding steroid dienone is 3. The van der Waals surface area contributed by atoms with Gasteiger partial charge in [0.2, 0.25) is 0 Å². The second kappa shape index (κ2) is 24.6.